The van der Waals surface area contributed by atoms with Crippen LogP contribution in [-0.2, 0) is 0 Å². The molecule has 1 fully saturated rings. The normalized spacial score (nSPS) is 23.9. The molecule has 1 aromatic heterocycles. The van der Waals surface area contributed by atoms with Crippen molar-refractivity contribution in [1.29, 1.82) is 0 Å². The number of aliphatic hydroxyl groups excluding tert-OH is 1. The third-order valence-corrected chi connectivity index (χ3v) is 5.63. The van der Waals surface area contributed by atoms with Crippen molar-refractivity contribution < 1.29 is 9.90 Å². The van der Waals surface area contributed by atoms with Crippen molar-refractivity contribution in [2.24, 2.45) is 5.92 Å². The summed E-state index contributed by atoms with van der Waals surface area (Å²) in [6.45, 7) is 0.555. The second-order valence-electron chi connectivity index (χ2n) is 4.56. The van der Waals surface area contributed by atoms with E-state index in [0.717, 1.165) is 33.3 Å². The van der Waals surface area contributed by atoms with Crippen molar-refractivity contribution in [3.8, 4) is 0 Å². The maximum absolute atomic E-state index is 12.0. The van der Waals surface area contributed by atoms with E-state index in [1.165, 1.54) is 11.3 Å². The Morgan fingerprint density at radius 2 is 2.17 bits per heavy atom. The average molecular weight is 397 g/mol. The first-order chi connectivity index (χ1) is 8.58. The quantitative estimate of drug-likeness (QED) is 0.820. The van der Waals surface area contributed by atoms with Crippen molar-refractivity contribution >= 4 is 49.1 Å². The zero-order valence-electron chi connectivity index (χ0n) is 9.79. The smallest absolute Gasteiger partial charge is 0.253 e. The number of hydrogen-bond donors (Lipinski definition) is 2. The number of amides is 1. The van der Waals surface area contributed by atoms with Crippen LogP contribution < -0.4 is 5.32 Å². The number of rotatable bonds is 3. The van der Waals surface area contributed by atoms with Crippen LogP contribution in [0.2, 0.25) is 0 Å². The molecule has 0 bridgehead atoms. The van der Waals surface area contributed by atoms with Gasteiger partial charge in [0.1, 0.15) is 0 Å². The van der Waals surface area contributed by atoms with Gasteiger partial charge in [0, 0.05) is 12.5 Å². The van der Waals surface area contributed by atoms with Crippen LogP contribution >= 0.6 is 43.2 Å². The number of aliphatic hydroxyl groups is 1. The molecule has 0 aromatic carbocycles. The zero-order valence-corrected chi connectivity index (χ0v) is 13.8. The fourth-order valence-electron chi connectivity index (χ4n) is 2.24. The summed E-state index contributed by atoms with van der Waals surface area (Å²) in [7, 11) is 0. The zero-order chi connectivity index (χ0) is 13.1. The molecule has 1 aliphatic carbocycles. The molecule has 100 valence electrons. The van der Waals surface area contributed by atoms with Gasteiger partial charge in [-0.25, -0.2) is 0 Å². The first-order valence-corrected chi connectivity index (χ1v) is 8.39. The number of halogens is 2. The summed E-state index contributed by atoms with van der Waals surface area (Å²) in [5.74, 6) is 0.116. The van der Waals surface area contributed by atoms with Crippen LogP contribution in [0.3, 0.4) is 0 Å². The summed E-state index contributed by atoms with van der Waals surface area (Å²) in [6.07, 6.45) is 3.82. The first kappa shape index (κ1) is 14.5. The molecule has 1 heterocycles. The lowest BCUT2D eigenvalue weighted by Gasteiger charge is -2.27. The van der Waals surface area contributed by atoms with Crippen LogP contribution in [0, 0.1) is 5.92 Å². The highest BCUT2D eigenvalue weighted by atomic mass is 79.9. The first-order valence-electron chi connectivity index (χ1n) is 5.99. The number of thiophene rings is 1. The molecule has 2 atom stereocenters. The van der Waals surface area contributed by atoms with Crippen molar-refractivity contribution in [2.75, 3.05) is 6.54 Å². The van der Waals surface area contributed by atoms with Gasteiger partial charge in [-0.15, -0.1) is 11.3 Å². The molecule has 2 N–H and O–H groups in total. The Balaban J connectivity index is 1.90. The SMILES string of the molecule is O=C(NCC1CCCCC1O)c1cc(Br)sc1Br. The van der Waals surface area contributed by atoms with Crippen LogP contribution in [0.5, 0.6) is 0 Å². The molecule has 1 amide bonds. The largest absolute Gasteiger partial charge is 0.393 e. The fourth-order valence-corrected chi connectivity index (χ4v) is 5.03. The molecular weight excluding hydrogens is 382 g/mol. The van der Waals surface area contributed by atoms with Crippen molar-refractivity contribution in [1.82, 2.24) is 5.32 Å². The van der Waals surface area contributed by atoms with Gasteiger partial charge in [-0.1, -0.05) is 12.8 Å². The van der Waals surface area contributed by atoms with Crippen molar-refractivity contribution in [3.63, 3.8) is 0 Å². The Morgan fingerprint density at radius 3 is 2.78 bits per heavy atom. The lowest BCUT2D eigenvalue weighted by molar-refractivity contribution is 0.0663. The molecule has 0 radical (unpaired) electrons. The molecule has 0 saturated heterocycles. The minimum Gasteiger partial charge on any atom is -0.393 e. The summed E-state index contributed by atoms with van der Waals surface area (Å²) in [4.78, 5) is 12.0. The van der Waals surface area contributed by atoms with Crippen LogP contribution in [0.4, 0.5) is 0 Å². The van der Waals surface area contributed by atoms with Crippen LogP contribution in [0.25, 0.3) is 0 Å². The van der Waals surface area contributed by atoms with Gasteiger partial charge in [-0.05, 0) is 50.8 Å². The molecule has 18 heavy (non-hydrogen) atoms. The minimum atomic E-state index is -0.267. The lowest BCUT2D eigenvalue weighted by Crippen LogP contribution is -2.36. The Labute approximate surface area is 127 Å². The molecule has 6 heteroatoms. The maximum Gasteiger partial charge on any atom is 0.253 e. The Kier molecular flexibility index (Phi) is 5.24. The highest BCUT2D eigenvalue weighted by molar-refractivity contribution is 9.12. The van der Waals surface area contributed by atoms with Gasteiger partial charge in [0.15, 0.2) is 0 Å². The van der Waals surface area contributed by atoms with E-state index in [2.05, 4.69) is 37.2 Å². The Morgan fingerprint density at radius 1 is 1.44 bits per heavy atom. The van der Waals surface area contributed by atoms with Crippen LogP contribution in [0.15, 0.2) is 13.6 Å². The Hall–Kier alpha value is 0.0900. The number of hydrogen-bond acceptors (Lipinski definition) is 3. The highest BCUT2D eigenvalue weighted by Gasteiger charge is 2.24. The predicted molar refractivity (Wildman–Crippen MR) is 80.0 cm³/mol. The lowest BCUT2D eigenvalue weighted by atomic mass is 9.86. The summed E-state index contributed by atoms with van der Waals surface area (Å²) in [6, 6.07) is 1.81. The van der Waals surface area contributed by atoms with Crippen LogP contribution in [-0.4, -0.2) is 23.7 Å². The predicted octanol–water partition coefficient (Wildman–Crippen LogP) is 3.55. The van der Waals surface area contributed by atoms with E-state index < -0.39 is 0 Å². The molecule has 1 saturated carbocycles. The number of carbonyl (C=O) groups excluding carboxylic acids is 1. The monoisotopic (exact) mass is 395 g/mol. The molecule has 2 unspecified atom stereocenters. The molecule has 0 spiro atoms. The van der Waals surface area contributed by atoms with Crippen molar-refractivity contribution in [2.45, 2.75) is 31.8 Å². The van der Waals surface area contributed by atoms with Gasteiger partial charge in [0.05, 0.1) is 19.2 Å². The second-order valence-corrected chi connectivity index (χ2v) is 8.31. The Bertz CT molecular complexity index is 436. The molecule has 1 aromatic rings. The number of nitrogens with one attached hydrogen (secondary N) is 1. The van der Waals surface area contributed by atoms with Crippen LogP contribution in [0.1, 0.15) is 36.0 Å². The van der Waals surface area contributed by atoms with Gasteiger partial charge in [0.25, 0.3) is 5.91 Å². The average Bonchev–Trinajstić information content (AvgIpc) is 2.67. The molecule has 2 rings (SSSR count). The van der Waals surface area contributed by atoms with Gasteiger partial charge in [-0.2, -0.15) is 0 Å². The van der Waals surface area contributed by atoms with Gasteiger partial charge in [0.2, 0.25) is 0 Å². The number of carbonyl (C=O) groups is 1. The fraction of sp³-hybridized carbons (Fsp3) is 0.583. The highest BCUT2D eigenvalue weighted by Crippen LogP contribution is 2.32. The minimum absolute atomic E-state index is 0.0819. The van der Waals surface area contributed by atoms with E-state index in [1.807, 2.05) is 0 Å². The van der Waals surface area contributed by atoms with E-state index in [9.17, 15) is 9.90 Å². The van der Waals surface area contributed by atoms with E-state index in [-0.39, 0.29) is 17.9 Å². The molecule has 0 aliphatic heterocycles. The van der Waals surface area contributed by atoms with Gasteiger partial charge in [-0.3, -0.25) is 4.79 Å². The van der Waals surface area contributed by atoms with E-state index in [1.54, 1.807) is 6.07 Å². The standard InChI is InChI=1S/C12H15Br2NO2S/c13-10-5-8(11(14)18-10)12(17)15-6-7-3-1-2-4-9(7)16/h5,7,9,16H,1-4,6H2,(H,15,17). The van der Waals surface area contributed by atoms with E-state index in [0.29, 0.717) is 12.1 Å². The third-order valence-electron chi connectivity index (χ3n) is 3.30. The van der Waals surface area contributed by atoms with E-state index in [4.69, 9.17) is 0 Å². The van der Waals surface area contributed by atoms with Crippen molar-refractivity contribution in [3.05, 3.63) is 19.2 Å². The summed E-state index contributed by atoms with van der Waals surface area (Å²) >= 11 is 8.21. The summed E-state index contributed by atoms with van der Waals surface area (Å²) in [5.41, 5.74) is 0.650. The summed E-state index contributed by atoms with van der Waals surface area (Å²) in [5, 5.41) is 12.8. The van der Waals surface area contributed by atoms with E-state index >= 15 is 0 Å². The molecule has 1 aliphatic rings. The third kappa shape index (κ3) is 3.56. The topological polar surface area (TPSA) is 49.3 Å². The maximum atomic E-state index is 12.0. The van der Waals surface area contributed by atoms with Gasteiger partial charge >= 0.3 is 0 Å². The summed E-state index contributed by atoms with van der Waals surface area (Å²) < 4.78 is 1.76. The second kappa shape index (κ2) is 6.50. The van der Waals surface area contributed by atoms with Gasteiger partial charge < -0.3 is 10.4 Å². The molecular formula is C12H15Br2NO2S. The molecule has 3 nitrogen and oxygen atoms in total.